The van der Waals surface area contributed by atoms with Gasteiger partial charge in [0.05, 0.1) is 25.1 Å². The normalized spacial score (nSPS) is 54.7. The highest BCUT2D eigenvalue weighted by molar-refractivity contribution is 5.27. The molecule has 3 heteroatoms. The van der Waals surface area contributed by atoms with Crippen LogP contribution in [0.3, 0.4) is 0 Å². The van der Waals surface area contributed by atoms with Crippen molar-refractivity contribution in [1.82, 2.24) is 0 Å². The van der Waals surface area contributed by atoms with E-state index in [9.17, 15) is 10.2 Å². The fourth-order valence-electron chi connectivity index (χ4n) is 6.40. The van der Waals surface area contributed by atoms with Crippen LogP contribution in [0.25, 0.3) is 0 Å². The first-order chi connectivity index (χ1) is 10.9. The Kier molecular flexibility index (Phi) is 3.48. The molecule has 2 fully saturated rings. The average Bonchev–Trinajstić information content (AvgIpc) is 2.83. The number of allylic oxidation sites excluding steroid dienone is 3. The molecule has 0 saturated heterocycles. The molecule has 23 heavy (non-hydrogen) atoms. The maximum Gasteiger partial charge on any atom is 0.0955 e. The zero-order valence-corrected chi connectivity index (χ0v) is 14.5. The van der Waals surface area contributed by atoms with Crippen molar-refractivity contribution >= 4 is 0 Å². The quantitative estimate of drug-likeness (QED) is 0.730. The monoisotopic (exact) mass is 318 g/mol. The van der Waals surface area contributed by atoms with Crippen LogP contribution >= 0.6 is 0 Å². The van der Waals surface area contributed by atoms with Gasteiger partial charge in [0, 0.05) is 5.92 Å². The Bertz CT molecular complexity index is 553. The Hall–Kier alpha value is -0.800. The molecule has 4 aliphatic rings. The van der Waals surface area contributed by atoms with Gasteiger partial charge in [0.1, 0.15) is 0 Å². The standard InChI is InChI=1S/C20H30O3/c1-19-8-6-13(21)10-12(19)11-16(23-3)18-14-4-5-17(22)20(14,2)9-7-15(18)19/h6,8,11-15,17-18,21-22H,4-5,7,9-10H2,1-3H3/t12-,13-,14-,15-,17-,18-,19-,20-/m0/s1. The molecular formula is C20H30O3. The van der Waals surface area contributed by atoms with Crippen molar-refractivity contribution in [2.24, 2.45) is 34.5 Å². The summed E-state index contributed by atoms with van der Waals surface area (Å²) in [6, 6.07) is 0. The number of ether oxygens (including phenoxy) is 1. The molecule has 0 aromatic carbocycles. The van der Waals surface area contributed by atoms with E-state index in [0.717, 1.165) is 37.9 Å². The summed E-state index contributed by atoms with van der Waals surface area (Å²) in [5.41, 5.74) is 0.153. The zero-order chi connectivity index (χ0) is 16.4. The summed E-state index contributed by atoms with van der Waals surface area (Å²) in [6.45, 7) is 4.66. The first-order valence-corrected chi connectivity index (χ1v) is 9.21. The van der Waals surface area contributed by atoms with Crippen LogP contribution in [0.4, 0.5) is 0 Å². The molecule has 2 N–H and O–H groups in total. The van der Waals surface area contributed by atoms with Crippen LogP contribution in [0.2, 0.25) is 0 Å². The lowest BCUT2D eigenvalue weighted by Gasteiger charge is -2.57. The van der Waals surface area contributed by atoms with Gasteiger partial charge in [-0.15, -0.1) is 0 Å². The minimum absolute atomic E-state index is 0.0415. The van der Waals surface area contributed by atoms with E-state index < -0.39 is 0 Å². The number of fused-ring (bicyclic) bond motifs is 5. The van der Waals surface area contributed by atoms with Gasteiger partial charge in [0.2, 0.25) is 0 Å². The molecule has 4 aliphatic carbocycles. The van der Waals surface area contributed by atoms with E-state index >= 15 is 0 Å². The second kappa shape index (κ2) is 5.10. The van der Waals surface area contributed by atoms with Gasteiger partial charge < -0.3 is 14.9 Å². The fourth-order valence-corrected chi connectivity index (χ4v) is 6.40. The van der Waals surface area contributed by atoms with Crippen LogP contribution in [0.1, 0.15) is 46.0 Å². The second-order valence-corrected chi connectivity index (χ2v) is 8.78. The Morgan fingerprint density at radius 2 is 1.91 bits per heavy atom. The van der Waals surface area contributed by atoms with Crippen LogP contribution < -0.4 is 0 Å². The third-order valence-corrected chi connectivity index (χ3v) is 7.92. The fraction of sp³-hybridized carbons (Fsp3) is 0.800. The van der Waals surface area contributed by atoms with Crippen molar-refractivity contribution in [2.75, 3.05) is 7.11 Å². The Morgan fingerprint density at radius 1 is 1.13 bits per heavy atom. The summed E-state index contributed by atoms with van der Waals surface area (Å²) in [7, 11) is 1.79. The molecule has 0 amide bonds. The van der Waals surface area contributed by atoms with Crippen molar-refractivity contribution in [3.63, 3.8) is 0 Å². The number of aliphatic hydroxyl groups excluding tert-OH is 2. The molecular weight excluding hydrogens is 288 g/mol. The van der Waals surface area contributed by atoms with Crippen molar-refractivity contribution in [2.45, 2.75) is 58.2 Å². The molecule has 0 bridgehead atoms. The third-order valence-electron chi connectivity index (χ3n) is 7.92. The number of aliphatic hydroxyl groups is 2. The molecule has 2 saturated carbocycles. The highest BCUT2D eigenvalue weighted by Crippen LogP contribution is 2.65. The van der Waals surface area contributed by atoms with Crippen LogP contribution in [0.15, 0.2) is 24.0 Å². The summed E-state index contributed by atoms with van der Waals surface area (Å²) in [5, 5.41) is 20.6. The number of rotatable bonds is 1. The van der Waals surface area contributed by atoms with E-state index in [1.807, 2.05) is 6.08 Å². The minimum atomic E-state index is -0.332. The Labute approximate surface area is 139 Å². The van der Waals surface area contributed by atoms with Gasteiger partial charge >= 0.3 is 0 Å². The molecule has 0 radical (unpaired) electrons. The highest BCUT2D eigenvalue weighted by atomic mass is 16.5. The highest BCUT2D eigenvalue weighted by Gasteiger charge is 2.60. The Balaban J connectivity index is 1.78. The number of hydrogen-bond donors (Lipinski definition) is 2. The molecule has 0 aromatic rings. The van der Waals surface area contributed by atoms with E-state index in [-0.39, 0.29) is 23.0 Å². The third kappa shape index (κ3) is 2.02. The van der Waals surface area contributed by atoms with Gasteiger partial charge in [-0.25, -0.2) is 0 Å². The van der Waals surface area contributed by atoms with Gasteiger partial charge in [-0.05, 0) is 66.8 Å². The molecule has 3 nitrogen and oxygen atoms in total. The molecule has 0 aliphatic heterocycles. The zero-order valence-electron chi connectivity index (χ0n) is 14.5. The molecule has 128 valence electrons. The summed E-state index contributed by atoms with van der Waals surface area (Å²) in [4.78, 5) is 0. The lowest BCUT2D eigenvalue weighted by molar-refractivity contribution is -0.0784. The molecule has 0 unspecified atom stereocenters. The van der Waals surface area contributed by atoms with Crippen LogP contribution in [-0.2, 0) is 4.74 Å². The maximum atomic E-state index is 10.6. The lowest BCUT2D eigenvalue weighted by Crippen LogP contribution is -2.53. The number of hydrogen-bond acceptors (Lipinski definition) is 3. The largest absolute Gasteiger partial charge is 0.501 e. The predicted octanol–water partition coefficient (Wildman–Crippen LogP) is 3.28. The summed E-state index contributed by atoms with van der Waals surface area (Å²) >= 11 is 0. The summed E-state index contributed by atoms with van der Waals surface area (Å²) in [6.07, 6.45) is 11.2. The molecule has 0 aromatic heterocycles. The van der Waals surface area contributed by atoms with E-state index in [2.05, 4.69) is 26.0 Å². The van der Waals surface area contributed by atoms with Crippen LogP contribution in [0, 0.1) is 34.5 Å². The molecule has 4 rings (SSSR count). The van der Waals surface area contributed by atoms with Crippen molar-refractivity contribution in [3.05, 3.63) is 24.0 Å². The minimum Gasteiger partial charge on any atom is -0.501 e. The SMILES string of the molecule is COC1=C[C@@H]2C[C@@H](O)C=C[C@]2(C)[C@H]2CC[C@]3(C)[C@@H](O)CC[C@H]3[C@H]12. The van der Waals surface area contributed by atoms with E-state index in [1.165, 1.54) is 0 Å². The van der Waals surface area contributed by atoms with E-state index in [0.29, 0.717) is 23.7 Å². The van der Waals surface area contributed by atoms with Gasteiger partial charge in [0.25, 0.3) is 0 Å². The van der Waals surface area contributed by atoms with E-state index in [4.69, 9.17) is 4.74 Å². The van der Waals surface area contributed by atoms with E-state index in [1.54, 1.807) is 7.11 Å². The molecule has 0 spiro atoms. The van der Waals surface area contributed by atoms with Crippen molar-refractivity contribution < 1.29 is 14.9 Å². The molecule has 8 atom stereocenters. The van der Waals surface area contributed by atoms with Crippen molar-refractivity contribution in [1.29, 1.82) is 0 Å². The van der Waals surface area contributed by atoms with Crippen LogP contribution in [-0.4, -0.2) is 29.5 Å². The Morgan fingerprint density at radius 3 is 2.65 bits per heavy atom. The number of methoxy groups -OCH3 is 1. The summed E-state index contributed by atoms with van der Waals surface area (Å²) < 4.78 is 5.85. The topological polar surface area (TPSA) is 49.7 Å². The van der Waals surface area contributed by atoms with Gasteiger partial charge in [0.15, 0.2) is 0 Å². The lowest BCUT2D eigenvalue weighted by atomic mass is 9.48. The van der Waals surface area contributed by atoms with Crippen molar-refractivity contribution in [3.8, 4) is 0 Å². The van der Waals surface area contributed by atoms with Crippen LogP contribution in [0.5, 0.6) is 0 Å². The predicted molar refractivity (Wildman–Crippen MR) is 89.5 cm³/mol. The summed E-state index contributed by atoms with van der Waals surface area (Å²) in [5.74, 6) is 2.96. The van der Waals surface area contributed by atoms with Gasteiger partial charge in [-0.3, -0.25) is 0 Å². The average molecular weight is 318 g/mol. The first-order valence-electron chi connectivity index (χ1n) is 9.21. The second-order valence-electron chi connectivity index (χ2n) is 8.78. The maximum absolute atomic E-state index is 10.6. The van der Waals surface area contributed by atoms with Gasteiger partial charge in [-0.2, -0.15) is 0 Å². The molecule has 0 heterocycles. The smallest absolute Gasteiger partial charge is 0.0955 e. The first kappa shape index (κ1) is 15.7. The van der Waals surface area contributed by atoms with Gasteiger partial charge in [-0.1, -0.05) is 26.0 Å².